The summed E-state index contributed by atoms with van der Waals surface area (Å²) < 4.78 is 5.21. The van der Waals surface area contributed by atoms with Crippen LogP contribution < -0.4 is 11.1 Å². The second-order valence-electron chi connectivity index (χ2n) is 6.77. The lowest BCUT2D eigenvalue weighted by molar-refractivity contribution is -0.119. The molecule has 1 heterocycles. The summed E-state index contributed by atoms with van der Waals surface area (Å²) in [6.45, 7) is 3.65. The maximum absolute atomic E-state index is 11.1. The Kier molecular flexibility index (Phi) is 8.60. The van der Waals surface area contributed by atoms with Gasteiger partial charge in [-0.3, -0.25) is 9.79 Å². The zero-order chi connectivity index (χ0) is 16.0. The quantitative estimate of drug-likeness (QED) is 0.360. The fraction of sp³-hybridized carbons (Fsp3) is 0.875. The first-order valence-corrected chi connectivity index (χ1v) is 8.31. The molecule has 1 amide bonds. The summed E-state index contributed by atoms with van der Waals surface area (Å²) in [5.74, 6) is 1.11. The molecule has 0 radical (unpaired) electrons. The molecular formula is C16H31IN4O2. The summed E-state index contributed by atoms with van der Waals surface area (Å²) in [5, 5.41) is 3.53. The first kappa shape index (κ1) is 20.5. The molecule has 7 heteroatoms. The van der Waals surface area contributed by atoms with Gasteiger partial charge in [-0.05, 0) is 43.4 Å². The lowest BCUT2D eigenvalue weighted by atomic mass is 9.95. The van der Waals surface area contributed by atoms with Crippen LogP contribution in [-0.2, 0) is 9.53 Å². The van der Waals surface area contributed by atoms with Gasteiger partial charge in [-0.2, -0.15) is 0 Å². The SMILES string of the molecule is CN=C(NCC1(CCOC)CC1)N1CCCC(CC(N)=O)C1.I. The molecule has 1 aliphatic carbocycles. The fourth-order valence-corrected chi connectivity index (χ4v) is 3.32. The van der Waals surface area contributed by atoms with Crippen molar-refractivity contribution in [1.29, 1.82) is 0 Å². The van der Waals surface area contributed by atoms with Crippen LogP contribution in [0.5, 0.6) is 0 Å². The molecular weight excluding hydrogens is 407 g/mol. The van der Waals surface area contributed by atoms with E-state index in [0.29, 0.717) is 17.8 Å². The van der Waals surface area contributed by atoms with Crippen LogP contribution in [0, 0.1) is 11.3 Å². The predicted molar refractivity (Wildman–Crippen MR) is 103 cm³/mol. The van der Waals surface area contributed by atoms with Crippen molar-refractivity contribution in [3.05, 3.63) is 0 Å². The van der Waals surface area contributed by atoms with E-state index in [9.17, 15) is 4.79 Å². The normalized spacial score (nSPS) is 23.1. The Morgan fingerprint density at radius 1 is 1.48 bits per heavy atom. The molecule has 2 aliphatic rings. The van der Waals surface area contributed by atoms with E-state index < -0.39 is 0 Å². The molecule has 0 aromatic rings. The monoisotopic (exact) mass is 438 g/mol. The number of hydrogen-bond donors (Lipinski definition) is 2. The topological polar surface area (TPSA) is 80.0 Å². The molecule has 2 rings (SSSR count). The molecule has 134 valence electrons. The minimum atomic E-state index is -0.203. The summed E-state index contributed by atoms with van der Waals surface area (Å²) >= 11 is 0. The molecule has 23 heavy (non-hydrogen) atoms. The largest absolute Gasteiger partial charge is 0.385 e. The number of aliphatic imine (C=N–C) groups is 1. The predicted octanol–water partition coefficient (Wildman–Crippen LogP) is 1.58. The molecule has 0 spiro atoms. The van der Waals surface area contributed by atoms with Gasteiger partial charge in [-0.15, -0.1) is 24.0 Å². The molecule has 3 N–H and O–H groups in total. The van der Waals surface area contributed by atoms with Crippen molar-refractivity contribution in [3.63, 3.8) is 0 Å². The zero-order valence-electron chi connectivity index (χ0n) is 14.3. The van der Waals surface area contributed by atoms with Crippen LogP contribution in [0.1, 0.15) is 38.5 Å². The van der Waals surface area contributed by atoms with Gasteiger partial charge >= 0.3 is 0 Å². The third-order valence-electron chi connectivity index (χ3n) is 4.94. The van der Waals surface area contributed by atoms with Gasteiger partial charge in [0, 0.05) is 46.8 Å². The van der Waals surface area contributed by atoms with Crippen LogP contribution in [0.25, 0.3) is 0 Å². The second-order valence-corrected chi connectivity index (χ2v) is 6.77. The molecule has 1 unspecified atom stereocenters. The van der Waals surface area contributed by atoms with Gasteiger partial charge < -0.3 is 20.7 Å². The van der Waals surface area contributed by atoms with Gasteiger partial charge in [0.2, 0.25) is 5.91 Å². The van der Waals surface area contributed by atoms with Crippen molar-refractivity contribution in [2.24, 2.45) is 22.1 Å². The number of amides is 1. The average Bonchev–Trinajstić information content (AvgIpc) is 3.26. The maximum atomic E-state index is 11.1. The van der Waals surface area contributed by atoms with E-state index in [4.69, 9.17) is 10.5 Å². The van der Waals surface area contributed by atoms with Crippen molar-refractivity contribution in [2.45, 2.75) is 38.5 Å². The first-order chi connectivity index (χ1) is 10.6. The number of carbonyl (C=O) groups excluding carboxylic acids is 1. The number of nitrogens with zero attached hydrogens (tertiary/aromatic N) is 2. The number of guanidine groups is 1. The van der Waals surface area contributed by atoms with E-state index in [0.717, 1.165) is 51.5 Å². The van der Waals surface area contributed by atoms with E-state index in [1.807, 2.05) is 7.05 Å². The highest BCUT2D eigenvalue weighted by Crippen LogP contribution is 2.48. The van der Waals surface area contributed by atoms with E-state index in [-0.39, 0.29) is 29.9 Å². The third-order valence-corrected chi connectivity index (χ3v) is 4.94. The Balaban J connectivity index is 0.00000264. The maximum Gasteiger partial charge on any atom is 0.217 e. The van der Waals surface area contributed by atoms with E-state index in [2.05, 4.69) is 15.2 Å². The number of methoxy groups -OCH3 is 1. The lowest BCUT2D eigenvalue weighted by Gasteiger charge is -2.35. The Bertz CT molecular complexity index is 413. The number of hydrogen-bond acceptors (Lipinski definition) is 3. The van der Waals surface area contributed by atoms with Crippen LogP contribution in [0.3, 0.4) is 0 Å². The van der Waals surface area contributed by atoms with Crippen molar-refractivity contribution in [3.8, 4) is 0 Å². The molecule has 1 aliphatic heterocycles. The number of nitrogens with one attached hydrogen (secondary N) is 1. The molecule has 0 aromatic heterocycles. The van der Waals surface area contributed by atoms with Crippen molar-refractivity contribution >= 4 is 35.8 Å². The van der Waals surface area contributed by atoms with Crippen molar-refractivity contribution in [2.75, 3.05) is 40.4 Å². The summed E-state index contributed by atoms with van der Waals surface area (Å²) in [6.07, 6.45) is 6.29. The standard InChI is InChI=1S/C16H30N4O2.HI/c1-18-15(19-12-16(5-6-16)7-9-22-2)20-8-3-4-13(11-20)10-14(17)21;/h13H,3-12H2,1-2H3,(H2,17,21)(H,18,19);1H. The van der Waals surface area contributed by atoms with Gasteiger partial charge in [-0.25, -0.2) is 0 Å². The molecule has 0 bridgehead atoms. The number of likely N-dealkylation sites (tertiary alicyclic amines) is 1. The van der Waals surface area contributed by atoms with Gasteiger partial charge in [0.1, 0.15) is 0 Å². The lowest BCUT2D eigenvalue weighted by Crippen LogP contribution is -2.48. The Morgan fingerprint density at radius 2 is 2.22 bits per heavy atom. The van der Waals surface area contributed by atoms with Gasteiger partial charge in [0.15, 0.2) is 5.96 Å². The first-order valence-electron chi connectivity index (χ1n) is 8.31. The van der Waals surface area contributed by atoms with E-state index >= 15 is 0 Å². The Labute approximate surface area is 156 Å². The van der Waals surface area contributed by atoms with E-state index in [1.54, 1.807) is 7.11 Å². The molecule has 1 atom stereocenters. The van der Waals surface area contributed by atoms with Crippen molar-refractivity contribution in [1.82, 2.24) is 10.2 Å². The average molecular weight is 438 g/mol. The number of primary amides is 1. The third kappa shape index (κ3) is 6.45. The van der Waals surface area contributed by atoms with Gasteiger partial charge in [0.05, 0.1) is 0 Å². The Morgan fingerprint density at radius 3 is 2.78 bits per heavy atom. The van der Waals surface area contributed by atoms with Gasteiger partial charge in [-0.1, -0.05) is 0 Å². The zero-order valence-corrected chi connectivity index (χ0v) is 16.7. The van der Waals surface area contributed by atoms with Crippen LogP contribution in [-0.4, -0.2) is 57.2 Å². The molecule has 1 saturated heterocycles. The number of piperidine rings is 1. The number of rotatable bonds is 7. The summed E-state index contributed by atoms with van der Waals surface area (Å²) in [5.41, 5.74) is 5.73. The van der Waals surface area contributed by atoms with Gasteiger partial charge in [0.25, 0.3) is 0 Å². The molecule has 1 saturated carbocycles. The second kappa shape index (κ2) is 9.66. The highest BCUT2D eigenvalue weighted by Gasteiger charge is 2.42. The highest BCUT2D eigenvalue weighted by atomic mass is 127. The molecule has 2 fully saturated rings. The van der Waals surface area contributed by atoms with Crippen molar-refractivity contribution < 1.29 is 9.53 Å². The molecule has 6 nitrogen and oxygen atoms in total. The smallest absolute Gasteiger partial charge is 0.217 e. The number of carbonyl (C=O) groups is 1. The van der Waals surface area contributed by atoms with E-state index in [1.165, 1.54) is 12.8 Å². The number of halogens is 1. The fourth-order valence-electron chi connectivity index (χ4n) is 3.32. The van der Waals surface area contributed by atoms with Crippen LogP contribution in [0.2, 0.25) is 0 Å². The minimum Gasteiger partial charge on any atom is -0.385 e. The number of nitrogens with two attached hydrogens (primary N) is 1. The van der Waals surface area contributed by atoms with Crippen LogP contribution >= 0.6 is 24.0 Å². The molecule has 0 aromatic carbocycles. The Hall–Kier alpha value is -0.570. The van der Waals surface area contributed by atoms with Crippen LogP contribution in [0.15, 0.2) is 4.99 Å². The summed E-state index contributed by atoms with van der Waals surface area (Å²) in [7, 11) is 3.59. The van der Waals surface area contributed by atoms with Crippen LogP contribution in [0.4, 0.5) is 0 Å². The summed E-state index contributed by atoms with van der Waals surface area (Å²) in [4.78, 5) is 17.8. The summed E-state index contributed by atoms with van der Waals surface area (Å²) in [6, 6.07) is 0. The number of ether oxygens (including phenoxy) is 1. The minimum absolute atomic E-state index is 0. The highest BCUT2D eigenvalue weighted by molar-refractivity contribution is 14.0.